The van der Waals surface area contributed by atoms with Crippen LogP contribution in [0.4, 0.5) is 0 Å². The number of nitrogens with zero attached hydrogens (tertiary/aromatic N) is 2. The van der Waals surface area contributed by atoms with Crippen LogP contribution < -0.4 is 5.73 Å². The number of fused-ring (bicyclic) bond motifs is 1. The van der Waals surface area contributed by atoms with Gasteiger partial charge in [-0.15, -0.1) is 11.3 Å². The summed E-state index contributed by atoms with van der Waals surface area (Å²) in [6, 6.07) is 0. The van der Waals surface area contributed by atoms with E-state index in [0.717, 1.165) is 17.8 Å². The number of hydrogen-bond donors (Lipinski definition) is 1. The summed E-state index contributed by atoms with van der Waals surface area (Å²) >= 11 is 1.77. The van der Waals surface area contributed by atoms with Crippen LogP contribution >= 0.6 is 11.3 Å². The predicted octanol–water partition coefficient (Wildman–Crippen LogP) is 1.82. The van der Waals surface area contributed by atoms with Gasteiger partial charge in [0.05, 0.1) is 0 Å². The number of imidazole rings is 1. The molecule has 0 unspecified atom stereocenters. The highest BCUT2D eigenvalue weighted by Gasteiger charge is 2.37. The van der Waals surface area contributed by atoms with Crippen LogP contribution in [0.5, 0.6) is 0 Å². The van der Waals surface area contributed by atoms with Crippen molar-refractivity contribution >= 4 is 16.3 Å². The molecule has 2 N–H and O–H groups in total. The quantitative estimate of drug-likeness (QED) is 0.834. The molecular formula is C10H13N3S. The Labute approximate surface area is 86.6 Å². The molecule has 1 saturated carbocycles. The van der Waals surface area contributed by atoms with Gasteiger partial charge in [0.15, 0.2) is 4.96 Å². The van der Waals surface area contributed by atoms with Crippen molar-refractivity contribution in [2.75, 3.05) is 0 Å². The Balaban J connectivity index is 1.75. The van der Waals surface area contributed by atoms with Crippen LogP contribution in [0.25, 0.3) is 4.96 Å². The van der Waals surface area contributed by atoms with Crippen molar-refractivity contribution in [2.24, 2.45) is 5.73 Å². The van der Waals surface area contributed by atoms with Gasteiger partial charge in [0, 0.05) is 29.0 Å². The molecule has 0 spiro atoms. The van der Waals surface area contributed by atoms with Gasteiger partial charge in [-0.25, -0.2) is 4.98 Å². The zero-order valence-electron chi connectivity index (χ0n) is 7.94. The molecule has 1 aliphatic carbocycles. The van der Waals surface area contributed by atoms with E-state index in [-0.39, 0.29) is 5.54 Å². The normalized spacial score (nSPS) is 18.9. The van der Waals surface area contributed by atoms with E-state index in [1.54, 1.807) is 11.3 Å². The smallest absolute Gasteiger partial charge is 0.193 e. The van der Waals surface area contributed by atoms with Crippen molar-refractivity contribution in [2.45, 2.75) is 31.2 Å². The highest BCUT2D eigenvalue weighted by atomic mass is 32.1. The third-order valence-corrected chi connectivity index (χ3v) is 3.97. The zero-order chi connectivity index (χ0) is 9.60. The molecule has 1 aliphatic rings. The first-order valence-electron chi connectivity index (χ1n) is 4.95. The molecule has 74 valence electrons. The van der Waals surface area contributed by atoms with Gasteiger partial charge in [-0.05, 0) is 25.7 Å². The van der Waals surface area contributed by atoms with E-state index in [9.17, 15) is 0 Å². The number of rotatable bonds is 3. The second kappa shape index (κ2) is 2.81. The van der Waals surface area contributed by atoms with Crippen molar-refractivity contribution in [3.05, 3.63) is 23.5 Å². The lowest BCUT2D eigenvalue weighted by molar-refractivity contribution is 0.612. The molecule has 0 saturated heterocycles. The Morgan fingerprint density at radius 1 is 1.57 bits per heavy atom. The Morgan fingerprint density at radius 2 is 2.43 bits per heavy atom. The van der Waals surface area contributed by atoms with Gasteiger partial charge in [-0.1, -0.05) is 0 Å². The average molecular weight is 207 g/mol. The second-order valence-corrected chi connectivity index (χ2v) is 5.27. The minimum absolute atomic E-state index is 0.173. The Kier molecular flexibility index (Phi) is 1.69. The molecule has 2 aromatic heterocycles. The molecule has 2 heterocycles. The van der Waals surface area contributed by atoms with Crippen molar-refractivity contribution in [3.63, 3.8) is 0 Å². The average Bonchev–Trinajstić information content (AvgIpc) is 2.61. The zero-order valence-corrected chi connectivity index (χ0v) is 8.76. The number of thiazole rings is 1. The first-order chi connectivity index (χ1) is 6.75. The van der Waals surface area contributed by atoms with Gasteiger partial charge in [0.1, 0.15) is 0 Å². The topological polar surface area (TPSA) is 43.3 Å². The Hall–Kier alpha value is -0.870. The van der Waals surface area contributed by atoms with Crippen LogP contribution in [-0.4, -0.2) is 14.9 Å². The maximum atomic E-state index is 6.05. The minimum Gasteiger partial charge on any atom is -0.325 e. The third-order valence-electron chi connectivity index (χ3n) is 2.90. The van der Waals surface area contributed by atoms with E-state index < -0.39 is 0 Å². The molecule has 2 aromatic rings. The maximum absolute atomic E-state index is 6.05. The number of nitrogens with two attached hydrogens (primary N) is 1. The summed E-state index contributed by atoms with van der Waals surface area (Å²) in [4.78, 5) is 6.73. The highest BCUT2D eigenvalue weighted by Crippen LogP contribution is 2.37. The number of hydrogen-bond acceptors (Lipinski definition) is 3. The fourth-order valence-corrected chi connectivity index (χ4v) is 2.61. The van der Waals surface area contributed by atoms with Crippen molar-refractivity contribution in [1.29, 1.82) is 0 Å². The monoisotopic (exact) mass is 207 g/mol. The van der Waals surface area contributed by atoms with Gasteiger partial charge < -0.3 is 5.73 Å². The predicted molar refractivity (Wildman–Crippen MR) is 57.5 cm³/mol. The first kappa shape index (κ1) is 8.44. The van der Waals surface area contributed by atoms with Crippen molar-refractivity contribution < 1.29 is 0 Å². The summed E-state index contributed by atoms with van der Waals surface area (Å²) in [5, 5.41) is 0. The second-order valence-electron chi connectivity index (χ2n) is 4.18. The van der Waals surface area contributed by atoms with Crippen LogP contribution in [0.1, 0.15) is 24.1 Å². The molecule has 4 heteroatoms. The maximum Gasteiger partial charge on any atom is 0.193 e. The van der Waals surface area contributed by atoms with Crippen molar-refractivity contribution in [1.82, 2.24) is 9.38 Å². The van der Waals surface area contributed by atoms with Gasteiger partial charge in [-0.3, -0.25) is 4.40 Å². The SMILES string of the molecule is NC1(CCc2cn3ccnc3s2)CC1. The molecule has 0 amide bonds. The van der Waals surface area contributed by atoms with E-state index in [1.165, 1.54) is 17.7 Å². The summed E-state index contributed by atoms with van der Waals surface area (Å²) in [7, 11) is 0. The molecule has 0 atom stereocenters. The lowest BCUT2D eigenvalue weighted by atomic mass is 10.1. The summed E-state index contributed by atoms with van der Waals surface area (Å²) in [5.74, 6) is 0. The van der Waals surface area contributed by atoms with Crippen LogP contribution in [0.15, 0.2) is 18.6 Å². The largest absolute Gasteiger partial charge is 0.325 e. The van der Waals surface area contributed by atoms with E-state index in [0.29, 0.717) is 0 Å². The van der Waals surface area contributed by atoms with Crippen LogP contribution in [0.3, 0.4) is 0 Å². The lowest BCUT2D eigenvalue weighted by Gasteiger charge is -2.05. The molecular weight excluding hydrogens is 194 g/mol. The van der Waals surface area contributed by atoms with Crippen LogP contribution in [-0.2, 0) is 6.42 Å². The van der Waals surface area contributed by atoms with Crippen LogP contribution in [0, 0.1) is 0 Å². The molecule has 3 rings (SSSR count). The lowest BCUT2D eigenvalue weighted by Crippen LogP contribution is -2.21. The summed E-state index contributed by atoms with van der Waals surface area (Å²) in [5.41, 5.74) is 6.22. The van der Waals surface area contributed by atoms with E-state index >= 15 is 0 Å². The van der Waals surface area contributed by atoms with E-state index in [1.807, 2.05) is 12.4 Å². The molecule has 0 radical (unpaired) electrons. The molecule has 0 bridgehead atoms. The fraction of sp³-hybridized carbons (Fsp3) is 0.500. The Morgan fingerprint density at radius 3 is 3.14 bits per heavy atom. The highest BCUT2D eigenvalue weighted by molar-refractivity contribution is 7.17. The van der Waals surface area contributed by atoms with Crippen molar-refractivity contribution in [3.8, 4) is 0 Å². The third kappa shape index (κ3) is 1.44. The molecule has 3 nitrogen and oxygen atoms in total. The molecule has 1 fully saturated rings. The first-order valence-corrected chi connectivity index (χ1v) is 5.77. The van der Waals surface area contributed by atoms with Crippen LogP contribution in [0.2, 0.25) is 0 Å². The molecule has 14 heavy (non-hydrogen) atoms. The van der Waals surface area contributed by atoms with E-state index in [4.69, 9.17) is 5.73 Å². The van der Waals surface area contributed by atoms with Gasteiger partial charge in [-0.2, -0.15) is 0 Å². The summed E-state index contributed by atoms with van der Waals surface area (Å²) in [6.45, 7) is 0. The van der Waals surface area contributed by atoms with Gasteiger partial charge >= 0.3 is 0 Å². The summed E-state index contributed by atoms with van der Waals surface area (Å²) < 4.78 is 2.08. The minimum atomic E-state index is 0.173. The number of aromatic nitrogens is 2. The molecule has 0 aromatic carbocycles. The fourth-order valence-electron chi connectivity index (χ4n) is 1.67. The standard InChI is InChI=1S/C10H13N3S/c11-10(3-4-10)2-1-8-7-13-6-5-12-9(13)14-8/h5-7H,1-4,11H2. The molecule has 0 aliphatic heterocycles. The van der Waals surface area contributed by atoms with Gasteiger partial charge in [0.25, 0.3) is 0 Å². The van der Waals surface area contributed by atoms with Gasteiger partial charge in [0.2, 0.25) is 0 Å². The number of aryl methyl sites for hydroxylation is 1. The summed E-state index contributed by atoms with van der Waals surface area (Å²) in [6.07, 6.45) is 10.6. The van der Waals surface area contributed by atoms with E-state index in [2.05, 4.69) is 15.6 Å². The Bertz CT molecular complexity index is 424.